The Morgan fingerprint density at radius 1 is 0.893 bits per heavy atom. The third kappa shape index (κ3) is 3.23. The van der Waals surface area contributed by atoms with Crippen LogP contribution in [0.1, 0.15) is 16.1 Å². The lowest BCUT2D eigenvalue weighted by Crippen LogP contribution is -2.03. The maximum atomic E-state index is 13.5. The molecule has 0 spiro atoms. The number of nitrogens with two attached hydrogens (primary N) is 1. The van der Waals surface area contributed by atoms with Crippen LogP contribution in [0, 0.1) is 11.6 Å². The highest BCUT2D eigenvalue weighted by Crippen LogP contribution is 2.35. The van der Waals surface area contributed by atoms with E-state index in [4.69, 9.17) is 33.4 Å². The van der Waals surface area contributed by atoms with Gasteiger partial charge in [0.05, 0.1) is 10.7 Å². The largest absolute Gasteiger partial charge is 0.450 e. The second kappa shape index (κ2) is 6.93. The molecule has 0 radical (unpaired) electrons. The molecular weight excluding hydrogens is 407 g/mol. The van der Waals surface area contributed by atoms with E-state index in [9.17, 15) is 13.6 Å². The Balaban J connectivity index is 1.81. The molecule has 3 nitrogen and oxygen atoms in total. The number of hydrogen-bond donors (Lipinski definition) is 1. The van der Waals surface area contributed by atoms with Gasteiger partial charge in [0.15, 0.2) is 5.76 Å². The van der Waals surface area contributed by atoms with Gasteiger partial charge in [-0.3, -0.25) is 4.79 Å². The molecule has 0 saturated heterocycles. The Bertz CT molecular complexity index is 1230. The molecule has 0 aliphatic carbocycles. The van der Waals surface area contributed by atoms with Gasteiger partial charge in [-0.25, -0.2) is 8.78 Å². The molecule has 0 unspecified atom stereocenters. The van der Waals surface area contributed by atoms with Gasteiger partial charge in [-0.05, 0) is 53.6 Å². The van der Waals surface area contributed by atoms with Crippen LogP contribution in [0.15, 0.2) is 59.0 Å². The van der Waals surface area contributed by atoms with E-state index in [1.165, 1.54) is 30.3 Å². The highest BCUT2D eigenvalue weighted by atomic mass is 35.5. The zero-order valence-electron chi connectivity index (χ0n) is 14.1. The number of ketones is 1. The lowest BCUT2D eigenvalue weighted by molar-refractivity contribution is 0.101. The van der Waals surface area contributed by atoms with E-state index in [1.807, 2.05) is 0 Å². The SMILES string of the molecule is Nc1c(C(=O)c2ccc(Cl)cc2Cl)oc2cc(-c3cc(F)cc(F)c3)ccc12. The van der Waals surface area contributed by atoms with Gasteiger partial charge >= 0.3 is 0 Å². The Morgan fingerprint density at radius 3 is 2.29 bits per heavy atom. The summed E-state index contributed by atoms with van der Waals surface area (Å²) < 4.78 is 32.7. The fraction of sp³-hybridized carbons (Fsp3) is 0. The number of hydrogen-bond acceptors (Lipinski definition) is 3. The van der Waals surface area contributed by atoms with Gasteiger partial charge in [0.25, 0.3) is 0 Å². The minimum atomic E-state index is -0.692. The second-order valence-corrected chi connectivity index (χ2v) is 7.01. The minimum absolute atomic E-state index is 0.0678. The Kier molecular flexibility index (Phi) is 4.57. The van der Waals surface area contributed by atoms with Crippen LogP contribution in [0.2, 0.25) is 10.0 Å². The van der Waals surface area contributed by atoms with Crippen LogP contribution in [0.5, 0.6) is 0 Å². The minimum Gasteiger partial charge on any atom is -0.450 e. The summed E-state index contributed by atoms with van der Waals surface area (Å²) in [6, 6.07) is 12.5. The molecule has 1 aromatic heterocycles. The van der Waals surface area contributed by atoms with Crippen molar-refractivity contribution in [3.63, 3.8) is 0 Å². The van der Waals surface area contributed by atoms with Crippen LogP contribution in [0.4, 0.5) is 14.5 Å². The number of nitrogen functional groups attached to an aromatic ring is 1. The number of anilines is 1. The van der Waals surface area contributed by atoms with Crippen molar-refractivity contribution in [2.24, 2.45) is 0 Å². The van der Waals surface area contributed by atoms with Crippen molar-refractivity contribution >= 4 is 45.6 Å². The lowest BCUT2D eigenvalue weighted by atomic mass is 10.0. The topological polar surface area (TPSA) is 56.2 Å². The van der Waals surface area contributed by atoms with E-state index >= 15 is 0 Å². The number of benzene rings is 3. The third-order valence-corrected chi connectivity index (χ3v) is 4.85. The predicted molar refractivity (Wildman–Crippen MR) is 106 cm³/mol. The van der Waals surface area contributed by atoms with E-state index in [1.54, 1.807) is 18.2 Å². The van der Waals surface area contributed by atoms with Crippen LogP contribution in [-0.2, 0) is 0 Å². The molecule has 0 aliphatic heterocycles. The molecule has 7 heteroatoms. The van der Waals surface area contributed by atoms with E-state index in [0.29, 0.717) is 27.1 Å². The van der Waals surface area contributed by atoms with Gasteiger partial charge < -0.3 is 10.2 Å². The van der Waals surface area contributed by atoms with Crippen molar-refractivity contribution in [3.05, 3.63) is 87.6 Å². The van der Waals surface area contributed by atoms with Gasteiger partial charge in [0.2, 0.25) is 5.78 Å². The summed E-state index contributed by atoms with van der Waals surface area (Å²) >= 11 is 12.0. The lowest BCUT2D eigenvalue weighted by Gasteiger charge is -2.02. The first kappa shape index (κ1) is 18.5. The first-order valence-electron chi connectivity index (χ1n) is 8.12. The smallest absolute Gasteiger partial charge is 0.231 e. The highest BCUT2D eigenvalue weighted by molar-refractivity contribution is 6.37. The highest BCUT2D eigenvalue weighted by Gasteiger charge is 2.22. The van der Waals surface area contributed by atoms with E-state index in [-0.39, 0.29) is 22.0 Å². The van der Waals surface area contributed by atoms with E-state index in [2.05, 4.69) is 0 Å². The quantitative estimate of drug-likeness (QED) is 0.387. The predicted octanol–water partition coefficient (Wildman–Crippen LogP) is 6.50. The van der Waals surface area contributed by atoms with Crippen LogP contribution in [-0.4, -0.2) is 5.78 Å². The van der Waals surface area contributed by atoms with Crippen molar-refractivity contribution in [2.45, 2.75) is 0 Å². The summed E-state index contributed by atoms with van der Waals surface area (Å²) in [5.74, 6) is -1.94. The van der Waals surface area contributed by atoms with Crippen molar-refractivity contribution < 1.29 is 18.0 Å². The standard InChI is InChI=1S/C21H11Cl2F2NO2/c22-12-2-4-15(17(23)8-12)20(27)21-19(26)16-3-1-10(7-18(16)28-21)11-5-13(24)9-14(25)6-11/h1-9H,26H2. The second-order valence-electron chi connectivity index (χ2n) is 6.17. The maximum Gasteiger partial charge on any atom is 0.231 e. The molecule has 2 N–H and O–H groups in total. The van der Waals surface area contributed by atoms with Crippen molar-refractivity contribution in [1.82, 2.24) is 0 Å². The number of halogens is 4. The first-order valence-corrected chi connectivity index (χ1v) is 8.87. The summed E-state index contributed by atoms with van der Waals surface area (Å²) in [4.78, 5) is 12.8. The average Bonchev–Trinajstić information content (AvgIpc) is 2.96. The molecule has 140 valence electrons. The molecule has 0 amide bonds. The summed E-state index contributed by atoms with van der Waals surface area (Å²) in [7, 11) is 0. The van der Waals surface area contributed by atoms with Gasteiger partial charge in [-0.2, -0.15) is 0 Å². The molecule has 0 saturated carbocycles. The molecule has 0 fully saturated rings. The van der Waals surface area contributed by atoms with Crippen molar-refractivity contribution in [2.75, 3.05) is 5.73 Å². The Labute approximate surface area is 168 Å². The number of rotatable bonds is 3. The Morgan fingerprint density at radius 2 is 1.61 bits per heavy atom. The fourth-order valence-corrected chi connectivity index (χ4v) is 3.48. The zero-order chi connectivity index (χ0) is 20.0. The number of carbonyl (C=O) groups excluding carboxylic acids is 1. The maximum absolute atomic E-state index is 13.5. The van der Waals surface area contributed by atoms with E-state index in [0.717, 1.165) is 6.07 Å². The molecule has 0 aliphatic rings. The fourth-order valence-electron chi connectivity index (χ4n) is 2.98. The molecule has 28 heavy (non-hydrogen) atoms. The summed E-state index contributed by atoms with van der Waals surface area (Å²) in [6.07, 6.45) is 0. The molecule has 3 aromatic carbocycles. The normalized spacial score (nSPS) is 11.1. The summed E-state index contributed by atoms with van der Waals surface area (Å²) in [6.45, 7) is 0. The monoisotopic (exact) mass is 417 g/mol. The van der Waals surface area contributed by atoms with Crippen LogP contribution >= 0.6 is 23.2 Å². The average molecular weight is 418 g/mol. The first-order chi connectivity index (χ1) is 13.3. The number of fused-ring (bicyclic) bond motifs is 1. The van der Waals surface area contributed by atoms with Crippen molar-refractivity contribution in [3.8, 4) is 11.1 Å². The van der Waals surface area contributed by atoms with Gasteiger partial charge in [0, 0.05) is 22.0 Å². The van der Waals surface area contributed by atoms with Gasteiger partial charge in [-0.1, -0.05) is 29.3 Å². The molecule has 4 aromatic rings. The van der Waals surface area contributed by atoms with Crippen LogP contribution in [0.3, 0.4) is 0 Å². The van der Waals surface area contributed by atoms with E-state index < -0.39 is 17.4 Å². The molecule has 0 bridgehead atoms. The third-order valence-electron chi connectivity index (χ3n) is 4.31. The zero-order valence-corrected chi connectivity index (χ0v) is 15.6. The van der Waals surface area contributed by atoms with Gasteiger partial charge in [0.1, 0.15) is 17.2 Å². The van der Waals surface area contributed by atoms with Crippen LogP contribution in [0.25, 0.3) is 22.1 Å². The molecule has 0 atom stereocenters. The molecule has 4 rings (SSSR count). The molecular formula is C21H11Cl2F2NO2. The van der Waals surface area contributed by atoms with Crippen molar-refractivity contribution in [1.29, 1.82) is 0 Å². The summed E-state index contributed by atoms with van der Waals surface area (Å²) in [5, 5.41) is 1.08. The molecule has 1 heterocycles. The number of carbonyl (C=O) groups is 1. The summed E-state index contributed by atoms with van der Waals surface area (Å²) in [5.41, 5.74) is 7.61. The van der Waals surface area contributed by atoms with Crippen LogP contribution < -0.4 is 5.73 Å². The van der Waals surface area contributed by atoms with Gasteiger partial charge in [-0.15, -0.1) is 0 Å². The number of furan rings is 1. The Hall–Kier alpha value is -2.89.